The molecule has 0 aliphatic carbocycles. The summed E-state index contributed by atoms with van der Waals surface area (Å²) in [6, 6.07) is 7.32. The highest BCUT2D eigenvalue weighted by atomic mass is 35.5. The second kappa shape index (κ2) is 5.33. The summed E-state index contributed by atoms with van der Waals surface area (Å²) in [6.45, 7) is 2.19. The van der Waals surface area contributed by atoms with Crippen molar-refractivity contribution in [3.05, 3.63) is 35.0 Å². The van der Waals surface area contributed by atoms with Crippen LogP contribution in [-0.4, -0.2) is 17.4 Å². The van der Waals surface area contributed by atoms with Crippen LogP contribution in [0, 0.1) is 6.92 Å². The molecule has 0 atom stereocenters. The molecule has 1 heterocycles. The zero-order valence-corrected chi connectivity index (χ0v) is 10.8. The normalized spacial score (nSPS) is 10.6. The van der Waals surface area contributed by atoms with Crippen molar-refractivity contribution < 1.29 is 4.79 Å². The van der Waals surface area contributed by atoms with E-state index in [1.54, 1.807) is 12.1 Å². The Kier molecular flexibility index (Phi) is 3.79. The number of halogens is 1. The summed E-state index contributed by atoms with van der Waals surface area (Å²) in [4.78, 5) is 16.0. The standard InChI is InChI=1S/C13H14ClN3O/c1-8-7-10(14)9-3-2-4-11(13(9)16-8)17-12(18)5-6-15/h2-4,7H,5-6,15H2,1H3,(H,17,18). The third-order valence-electron chi connectivity index (χ3n) is 2.56. The fraction of sp³-hybridized carbons (Fsp3) is 0.231. The maximum Gasteiger partial charge on any atom is 0.225 e. The maximum atomic E-state index is 11.6. The van der Waals surface area contributed by atoms with E-state index >= 15 is 0 Å². The van der Waals surface area contributed by atoms with E-state index in [0.717, 1.165) is 11.1 Å². The molecule has 0 saturated carbocycles. The molecule has 0 saturated heterocycles. The molecule has 5 heteroatoms. The van der Waals surface area contributed by atoms with Crippen molar-refractivity contribution in [3.63, 3.8) is 0 Å². The molecule has 2 aromatic rings. The molecule has 0 radical (unpaired) electrons. The number of pyridine rings is 1. The van der Waals surface area contributed by atoms with Gasteiger partial charge in [0.25, 0.3) is 0 Å². The van der Waals surface area contributed by atoms with Crippen LogP contribution in [0.5, 0.6) is 0 Å². The van der Waals surface area contributed by atoms with Crippen LogP contribution in [-0.2, 0) is 4.79 Å². The lowest BCUT2D eigenvalue weighted by Crippen LogP contribution is -2.16. The first-order chi connectivity index (χ1) is 8.61. The van der Waals surface area contributed by atoms with E-state index in [2.05, 4.69) is 10.3 Å². The molecule has 0 aliphatic rings. The summed E-state index contributed by atoms with van der Waals surface area (Å²) < 4.78 is 0. The molecule has 0 aliphatic heterocycles. The average Bonchev–Trinajstić information content (AvgIpc) is 2.30. The van der Waals surface area contributed by atoms with Crippen molar-refractivity contribution >= 4 is 34.1 Å². The highest BCUT2D eigenvalue weighted by Crippen LogP contribution is 2.28. The van der Waals surface area contributed by atoms with Gasteiger partial charge < -0.3 is 11.1 Å². The Balaban J connectivity index is 2.48. The predicted molar refractivity (Wildman–Crippen MR) is 73.8 cm³/mol. The minimum Gasteiger partial charge on any atom is -0.330 e. The Morgan fingerprint density at radius 3 is 3.00 bits per heavy atom. The largest absolute Gasteiger partial charge is 0.330 e. The van der Waals surface area contributed by atoms with Crippen LogP contribution in [0.3, 0.4) is 0 Å². The first-order valence-electron chi connectivity index (χ1n) is 5.67. The molecule has 0 fully saturated rings. The molecule has 1 aromatic carbocycles. The number of aryl methyl sites for hydroxylation is 1. The Morgan fingerprint density at radius 1 is 1.50 bits per heavy atom. The Hall–Kier alpha value is -1.65. The molecule has 2 rings (SSSR count). The van der Waals surface area contributed by atoms with Gasteiger partial charge in [0.15, 0.2) is 0 Å². The third-order valence-corrected chi connectivity index (χ3v) is 2.88. The fourth-order valence-corrected chi connectivity index (χ4v) is 2.08. The van der Waals surface area contributed by atoms with E-state index in [0.29, 0.717) is 22.8 Å². The van der Waals surface area contributed by atoms with Gasteiger partial charge in [0.2, 0.25) is 5.91 Å². The molecule has 18 heavy (non-hydrogen) atoms. The second-order valence-corrected chi connectivity index (χ2v) is 4.44. The van der Waals surface area contributed by atoms with Crippen LogP contribution < -0.4 is 11.1 Å². The van der Waals surface area contributed by atoms with Crippen molar-refractivity contribution in [1.29, 1.82) is 0 Å². The average molecular weight is 264 g/mol. The highest BCUT2D eigenvalue weighted by molar-refractivity contribution is 6.35. The van der Waals surface area contributed by atoms with Gasteiger partial charge in [0.1, 0.15) is 0 Å². The van der Waals surface area contributed by atoms with Gasteiger partial charge in [-0.2, -0.15) is 0 Å². The minimum absolute atomic E-state index is 0.121. The summed E-state index contributed by atoms with van der Waals surface area (Å²) in [6.07, 6.45) is 0.288. The number of hydrogen-bond acceptors (Lipinski definition) is 3. The molecule has 0 spiro atoms. The first kappa shape index (κ1) is 12.8. The van der Waals surface area contributed by atoms with Gasteiger partial charge in [0, 0.05) is 24.0 Å². The van der Waals surface area contributed by atoms with Gasteiger partial charge in [-0.15, -0.1) is 0 Å². The van der Waals surface area contributed by atoms with Gasteiger partial charge in [-0.1, -0.05) is 23.7 Å². The van der Waals surface area contributed by atoms with Crippen LogP contribution in [0.2, 0.25) is 5.02 Å². The van der Waals surface area contributed by atoms with Crippen molar-refractivity contribution in [2.75, 3.05) is 11.9 Å². The number of nitrogens with one attached hydrogen (secondary N) is 1. The molecule has 0 unspecified atom stereocenters. The lowest BCUT2D eigenvalue weighted by atomic mass is 10.1. The number of nitrogens with two attached hydrogens (primary N) is 1. The van der Waals surface area contributed by atoms with E-state index in [1.807, 2.05) is 19.1 Å². The fourth-order valence-electron chi connectivity index (χ4n) is 1.77. The van der Waals surface area contributed by atoms with Crippen molar-refractivity contribution in [1.82, 2.24) is 4.98 Å². The van der Waals surface area contributed by atoms with Crippen LogP contribution in [0.15, 0.2) is 24.3 Å². The quantitative estimate of drug-likeness (QED) is 0.894. The summed E-state index contributed by atoms with van der Waals surface area (Å²) in [5.74, 6) is -0.121. The Morgan fingerprint density at radius 2 is 2.28 bits per heavy atom. The van der Waals surface area contributed by atoms with Crippen molar-refractivity contribution in [2.45, 2.75) is 13.3 Å². The van der Waals surface area contributed by atoms with Crippen molar-refractivity contribution in [2.24, 2.45) is 5.73 Å². The highest BCUT2D eigenvalue weighted by Gasteiger charge is 2.09. The molecule has 1 amide bonds. The summed E-state index contributed by atoms with van der Waals surface area (Å²) in [7, 11) is 0. The number of carbonyl (C=O) groups is 1. The number of rotatable bonds is 3. The number of fused-ring (bicyclic) bond motifs is 1. The summed E-state index contributed by atoms with van der Waals surface area (Å²) in [5, 5.41) is 4.26. The Bertz CT molecular complexity index is 598. The number of amides is 1. The van der Waals surface area contributed by atoms with E-state index in [9.17, 15) is 4.79 Å². The summed E-state index contributed by atoms with van der Waals surface area (Å²) in [5.41, 5.74) is 7.52. The first-order valence-corrected chi connectivity index (χ1v) is 6.05. The second-order valence-electron chi connectivity index (χ2n) is 4.03. The minimum atomic E-state index is -0.121. The maximum absolute atomic E-state index is 11.6. The van der Waals surface area contributed by atoms with E-state index in [4.69, 9.17) is 17.3 Å². The number of carbonyl (C=O) groups excluding carboxylic acids is 1. The smallest absolute Gasteiger partial charge is 0.225 e. The van der Waals surface area contributed by atoms with Crippen molar-refractivity contribution in [3.8, 4) is 0 Å². The van der Waals surface area contributed by atoms with Crippen LogP contribution in [0.4, 0.5) is 5.69 Å². The predicted octanol–water partition coefficient (Wildman–Crippen LogP) is 2.48. The monoisotopic (exact) mass is 263 g/mol. The van der Waals surface area contributed by atoms with E-state index in [1.165, 1.54) is 0 Å². The molecule has 3 N–H and O–H groups in total. The lowest BCUT2D eigenvalue weighted by Gasteiger charge is -2.09. The van der Waals surface area contributed by atoms with E-state index in [-0.39, 0.29) is 12.3 Å². The van der Waals surface area contributed by atoms with Gasteiger partial charge in [-0.3, -0.25) is 9.78 Å². The zero-order chi connectivity index (χ0) is 13.1. The van der Waals surface area contributed by atoms with Gasteiger partial charge in [0.05, 0.1) is 16.2 Å². The number of anilines is 1. The summed E-state index contributed by atoms with van der Waals surface area (Å²) >= 11 is 6.16. The number of para-hydroxylation sites is 1. The van der Waals surface area contributed by atoms with Crippen LogP contribution >= 0.6 is 11.6 Å². The number of hydrogen-bond donors (Lipinski definition) is 2. The molecular formula is C13H14ClN3O. The van der Waals surface area contributed by atoms with Gasteiger partial charge in [-0.25, -0.2) is 0 Å². The Labute approximate surface area is 110 Å². The number of nitrogens with zero attached hydrogens (tertiary/aromatic N) is 1. The third kappa shape index (κ3) is 2.60. The number of aromatic nitrogens is 1. The molecular weight excluding hydrogens is 250 g/mol. The van der Waals surface area contributed by atoms with Crippen LogP contribution in [0.25, 0.3) is 10.9 Å². The zero-order valence-electron chi connectivity index (χ0n) is 10.0. The molecule has 0 bridgehead atoms. The lowest BCUT2D eigenvalue weighted by molar-refractivity contribution is -0.116. The topological polar surface area (TPSA) is 68.0 Å². The van der Waals surface area contributed by atoms with Gasteiger partial charge >= 0.3 is 0 Å². The van der Waals surface area contributed by atoms with Gasteiger partial charge in [-0.05, 0) is 19.1 Å². The molecule has 1 aromatic heterocycles. The number of benzene rings is 1. The molecule has 94 valence electrons. The van der Waals surface area contributed by atoms with E-state index < -0.39 is 0 Å². The SMILES string of the molecule is Cc1cc(Cl)c2cccc(NC(=O)CCN)c2n1. The van der Waals surface area contributed by atoms with Crippen LogP contribution in [0.1, 0.15) is 12.1 Å². The molecule has 4 nitrogen and oxygen atoms in total.